The number of hydrogen-bond donors (Lipinski definition) is 3. The molecule has 0 aliphatic heterocycles. The highest BCUT2D eigenvalue weighted by Crippen LogP contribution is 1.76. The Balaban J connectivity index is -0.0000000338. The third-order valence-corrected chi connectivity index (χ3v) is 0.799. The normalized spacial score (nSPS) is 8.00. The van der Waals surface area contributed by atoms with Crippen LogP contribution in [0.15, 0.2) is 11.8 Å². The molecule has 0 aliphatic rings. The number of nitrogens with one attached hydrogen (secondary N) is 1. The highest BCUT2D eigenvalue weighted by atomic mass is 127. The lowest BCUT2D eigenvalue weighted by molar-refractivity contribution is -0.116. The predicted molar refractivity (Wildman–Crippen MR) is 117 cm³/mol. The summed E-state index contributed by atoms with van der Waals surface area (Å²) in [5.74, 6) is -0.224. The molecule has 0 saturated heterocycles. The Kier molecular flexibility index (Phi) is 56.5. The summed E-state index contributed by atoms with van der Waals surface area (Å²) in [6.07, 6.45) is 1.26. The molecule has 0 atom stereocenters. The number of likely N-dealkylation sites (N-methyl/N-ethyl adjacent to an activating group) is 1. The monoisotopic (exact) mass is 700 g/mol. The molecule has 0 heterocycles. The van der Waals surface area contributed by atoms with Crippen LogP contribution >= 0.6 is 95.9 Å². The molecule has 1 amide bonds. The Labute approximate surface area is 172 Å². The lowest BCUT2D eigenvalue weighted by Crippen LogP contribution is -2.19. The SMILES string of the molecule is CN(C)C.CNC(=O)C=C(N)CN.I.I.I.I. The Morgan fingerprint density at radius 2 is 1.47 bits per heavy atom. The first kappa shape index (κ1) is 36.4. The van der Waals surface area contributed by atoms with E-state index < -0.39 is 0 Å². The van der Waals surface area contributed by atoms with E-state index in [-0.39, 0.29) is 108 Å². The van der Waals surface area contributed by atoms with E-state index in [0.29, 0.717) is 5.70 Å². The molecule has 0 aromatic rings. The van der Waals surface area contributed by atoms with Crippen LogP contribution < -0.4 is 16.8 Å². The van der Waals surface area contributed by atoms with Crippen molar-refractivity contribution in [2.45, 2.75) is 0 Å². The molecule has 0 radical (unpaired) electrons. The number of halogens is 4. The summed E-state index contributed by atoms with van der Waals surface area (Å²) in [4.78, 5) is 12.5. The number of nitrogens with zero attached hydrogens (tertiary/aromatic N) is 1. The molecule has 0 aliphatic carbocycles. The van der Waals surface area contributed by atoms with Gasteiger partial charge in [0.1, 0.15) is 0 Å². The van der Waals surface area contributed by atoms with Crippen molar-refractivity contribution in [1.82, 2.24) is 10.2 Å². The van der Waals surface area contributed by atoms with Crippen LogP contribution in [-0.2, 0) is 4.79 Å². The molecular formula is C8H24I4N4O. The highest BCUT2D eigenvalue weighted by Gasteiger charge is 1.90. The van der Waals surface area contributed by atoms with Gasteiger partial charge in [-0.3, -0.25) is 4.79 Å². The van der Waals surface area contributed by atoms with Crippen LogP contribution in [0.1, 0.15) is 0 Å². The van der Waals surface area contributed by atoms with Crippen molar-refractivity contribution in [3.63, 3.8) is 0 Å². The molecule has 0 aromatic heterocycles. The van der Waals surface area contributed by atoms with E-state index in [1.807, 2.05) is 26.0 Å². The number of nitrogens with two attached hydrogens (primary N) is 2. The van der Waals surface area contributed by atoms with E-state index in [1.165, 1.54) is 13.1 Å². The molecule has 0 aromatic carbocycles. The molecule has 9 heteroatoms. The largest absolute Gasteiger partial charge is 0.401 e. The van der Waals surface area contributed by atoms with Gasteiger partial charge in [-0.15, -0.1) is 95.9 Å². The Morgan fingerprint density at radius 1 is 1.18 bits per heavy atom. The maximum absolute atomic E-state index is 10.5. The van der Waals surface area contributed by atoms with Crippen molar-refractivity contribution in [3.8, 4) is 0 Å². The van der Waals surface area contributed by atoms with Gasteiger partial charge in [0.2, 0.25) is 5.91 Å². The van der Waals surface area contributed by atoms with Gasteiger partial charge in [-0.05, 0) is 21.1 Å². The van der Waals surface area contributed by atoms with Gasteiger partial charge in [-0.1, -0.05) is 0 Å². The lowest BCUT2D eigenvalue weighted by Gasteiger charge is -1.93. The number of hydrogen-bond acceptors (Lipinski definition) is 4. The van der Waals surface area contributed by atoms with Crippen molar-refractivity contribution in [2.75, 3.05) is 34.7 Å². The van der Waals surface area contributed by atoms with Crippen LogP contribution in [0.3, 0.4) is 0 Å². The Morgan fingerprint density at radius 3 is 1.65 bits per heavy atom. The molecule has 0 spiro atoms. The minimum Gasteiger partial charge on any atom is -0.401 e. The van der Waals surface area contributed by atoms with Crippen molar-refractivity contribution in [3.05, 3.63) is 11.8 Å². The number of rotatable bonds is 2. The van der Waals surface area contributed by atoms with Gasteiger partial charge in [0.25, 0.3) is 0 Å². The molecule has 110 valence electrons. The van der Waals surface area contributed by atoms with Crippen molar-refractivity contribution in [1.29, 1.82) is 0 Å². The van der Waals surface area contributed by atoms with Gasteiger partial charge < -0.3 is 21.7 Å². The third kappa shape index (κ3) is 46.2. The zero-order valence-corrected chi connectivity index (χ0v) is 19.7. The molecule has 17 heavy (non-hydrogen) atoms. The van der Waals surface area contributed by atoms with E-state index in [1.54, 1.807) is 0 Å². The van der Waals surface area contributed by atoms with E-state index in [0.717, 1.165) is 0 Å². The number of carbonyl (C=O) groups excluding carboxylic acids is 1. The van der Waals surface area contributed by atoms with Gasteiger partial charge in [-0.25, -0.2) is 0 Å². The van der Waals surface area contributed by atoms with Gasteiger partial charge in [-0.2, -0.15) is 0 Å². The average Bonchev–Trinajstić information content (AvgIpc) is 2.03. The van der Waals surface area contributed by atoms with Crippen LogP contribution in [-0.4, -0.2) is 45.5 Å². The van der Waals surface area contributed by atoms with Crippen molar-refractivity contribution >= 4 is 102 Å². The van der Waals surface area contributed by atoms with E-state index in [4.69, 9.17) is 11.5 Å². The Hall–Kier alpha value is 1.85. The van der Waals surface area contributed by atoms with Crippen LogP contribution in [0.2, 0.25) is 0 Å². The van der Waals surface area contributed by atoms with Gasteiger partial charge in [0, 0.05) is 25.4 Å². The van der Waals surface area contributed by atoms with E-state index in [9.17, 15) is 4.79 Å². The highest BCUT2D eigenvalue weighted by molar-refractivity contribution is 14.0. The molecule has 0 fully saturated rings. The van der Waals surface area contributed by atoms with E-state index in [2.05, 4.69) is 5.32 Å². The minimum absolute atomic E-state index is 0. The molecule has 5 N–H and O–H groups in total. The van der Waals surface area contributed by atoms with Crippen LogP contribution in [0.25, 0.3) is 0 Å². The zero-order chi connectivity index (χ0) is 10.9. The smallest absolute Gasteiger partial charge is 0.245 e. The second kappa shape index (κ2) is 26.4. The van der Waals surface area contributed by atoms with Gasteiger partial charge >= 0.3 is 0 Å². The molecule has 0 saturated carbocycles. The predicted octanol–water partition coefficient (Wildman–Crippen LogP) is 1.18. The zero-order valence-electron chi connectivity index (χ0n) is 10.4. The maximum Gasteiger partial charge on any atom is 0.245 e. The van der Waals surface area contributed by atoms with Crippen molar-refractivity contribution in [2.24, 2.45) is 11.5 Å². The first-order valence-corrected chi connectivity index (χ1v) is 3.92. The lowest BCUT2D eigenvalue weighted by atomic mass is 10.4. The molecule has 0 unspecified atom stereocenters. The number of carbonyl (C=O) groups is 1. The third-order valence-electron chi connectivity index (χ3n) is 0.799. The molecule has 0 bridgehead atoms. The summed E-state index contributed by atoms with van der Waals surface area (Å²) in [7, 11) is 7.53. The molecule has 5 nitrogen and oxygen atoms in total. The fourth-order valence-electron chi connectivity index (χ4n) is 0.299. The van der Waals surface area contributed by atoms with Crippen LogP contribution in [0, 0.1) is 0 Å². The standard InChI is InChI=1S/C5H11N3O.C3H9N.4HI/c1-8-5(9)2-4(7)3-6;1-4(2)3;;;;/h2H,3,6-7H2,1H3,(H,8,9);1-3H3;4*1H. The fraction of sp³-hybridized carbons (Fsp3) is 0.625. The first-order valence-electron chi connectivity index (χ1n) is 3.92. The molecular weight excluding hydrogens is 676 g/mol. The van der Waals surface area contributed by atoms with Crippen LogP contribution in [0.5, 0.6) is 0 Å². The van der Waals surface area contributed by atoms with Gasteiger partial charge in [0.15, 0.2) is 0 Å². The first-order chi connectivity index (χ1) is 5.93. The van der Waals surface area contributed by atoms with E-state index >= 15 is 0 Å². The summed E-state index contributed by atoms with van der Waals surface area (Å²) in [6.45, 7) is 0.216. The topological polar surface area (TPSA) is 84.4 Å². The average molecular weight is 700 g/mol. The Bertz CT molecular complexity index is 176. The number of amides is 1. The fourth-order valence-corrected chi connectivity index (χ4v) is 0.299. The summed E-state index contributed by atoms with van der Waals surface area (Å²) < 4.78 is 0. The van der Waals surface area contributed by atoms with Gasteiger partial charge in [0.05, 0.1) is 0 Å². The van der Waals surface area contributed by atoms with Crippen LogP contribution in [0.4, 0.5) is 0 Å². The second-order valence-corrected chi connectivity index (χ2v) is 2.88. The summed E-state index contributed by atoms with van der Waals surface area (Å²) >= 11 is 0. The minimum atomic E-state index is -0.224. The molecule has 0 rings (SSSR count). The maximum atomic E-state index is 10.5. The van der Waals surface area contributed by atoms with Crippen molar-refractivity contribution < 1.29 is 4.79 Å². The second-order valence-electron chi connectivity index (χ2n) is 2.88. The summed E-state index contributed by atoms with van der Waals surface area (Å²) in [5.41, 5.74) is 10.7. The summed E-state index contributed by atoms with van der Waals surface area (Å²) in [5, 5.41) is 2.38. The summed E-state index contributed by atoms with van der Waals surface area (Å²) in [6, 6.07) is 0. The quantitative estimate of drug-likeness (QED) is 0.299.